The second kappa shape index (κ2) is 8.81. The molecule has 0 aromatic heterocycles. The predicted octanol–water partition coefficient (Wildman–Crippen LogP) is 3.40. The van der Waals surface area contributed by atoms with Crippen LogP contribution in [0.3, 0.4) is 0 Å². The number of ketones is 1. The maximum absolute atomic E-state index is 13.0. The molecule has 4 rings (SSSR count). The SMILES string of the molecule is CCOC(=O)c1ccc(NC(=O)CN2CCC3=Nc4ccc(C)cc4C(=O)C3C2)cc1. The van der Waals surface area contributed by atoms with Gasteiger partial charge in [-0.1, -0.05) is 11.6 Å². The van der Waals surface area contributed by atoms with E-state index in [4.69, 9.17) is 9.73 Å². The van der Waals surface area contributed by atoms with Crippen molar-refractivity contribution in [3.05, 3.63) is 59.2 Å². The molecule has 2 aliphatic heterocycles. The zero-order valence-corrected chi connectivity index (χ0v) is 17.7. The average molecular weight is 419 g/mol. The Balaban J connectivity index is 1.37. The summed E-state index contributed by atoms with van der Waals surface area (Å²) in [5.74, 6) is -0.757. The number of benzene rings is 2. The third-order valence-electron chi connectivity index (χ3n) is 5.57. The van der Waals surface area contributed by atoms with Crippen LogP contribution < -0.4 is 5.32 Å². The number of rotatable bonds is 5. The first-order valence-corrected chi connectivity index (χ1v) is 10.5. The molecular weight excluding hydrogens is 394 g/mol. The van der Waals surface area contributed by atoms with E-state index < -0.39 is 0 Å². The fraction of sp³-hybridized carbons (Fsp3) is 0.333. The van der Waals surface area contributed by atoms with Crippen LogP contribution in [-0.2, 0) is 9.53 Å². The standard InChI is InChI=1S/C24H25N3O4/c1-3-31-24(30)16-5-7-17(8-6-16)25-22(28)14-27-11-10-21-19(13-27)23(29)18-12-15(2)4-9-20(18)26-21/h4-9,12,19H,3,10-11,13-14H2,1-2H3,(H,25,28). The number of aliphatic imine (C=N–C) groups is 1. The highest BCUT2D eigenvalue weighted by atomic mass is 16.5. The summed E-state index contributed by atoms with van der Waals surface area (Å²) < 4.78 is 4.96. The molecule has 2 aromatic rings. The van der Waals surface area contributed by atoms with Gasteiger partial charge in [0, 0.05) is 30.1 Å². The zero-order valence-electron chi connectivity index (χ0n) is 17.7. The van der Waals surface area contributed by atoms with Crippen LogP contribution in [-0.4, -0.2) is 54.5 Å². The van der Waals surface area contributed by atoms with Crippen molar-refractivity contribution in [2.75, 3.05) is 31.6 Å². The number of anilines is 1. The van der Waals surface area contributed by atoms with Crippen molar-refractivity contribution < 1.29 is 19.1 Å². The van der Waals surface area contributed by atoms with Gasteiger partial charge in [-0.25, -0.2) is 4.79 Å². The maximum atomic E-state index is 13.0. The average Bonchev–Trinajstić information content (AvgIpc) is 2.75. The summed E-state index contributed by atoms with van der Waals surface area (Å²) in [5.41, 5.74) is 4.41. The van der Waals surface area contributed by atoms with Crippen LogP contribution in [0.25, 0.3) is 0 Å². The summed E-state index contributed by atoms with van der Waals surface area (Å²) in [6.45, 7) is 5.39. The molecule has 1 amide bonds. The Morgan fingerprint density at radius 2 is 1.97 bits per heavy atom. The number of hydrogen-bond donors (Lipinski definition) is 1. The third kappa shape index (κ3) is 4.56. The fourth-order valence-electron chi connectivity index (χ4n) is 4.01. The van der Waals surface area contributed by atoms with E-state index in [1.165, 1.54) is 0 Å². The van der Waals surface area contributed by atoms with Crippen molar-refractivity contribution in [1.29, 1.82) is 0 Å². The topological polar surface area (TPSA) is 88.1 Å². The lowest BCUT2D eigenvalue weighted by Gasteiger charge is -2.34. The normalized spacial score (nSPS) is 17.9. The molecule has 1 atom stereocenters. The number of aryl methyl sites for hydroxylation is 1. The fourth-order valence-corrected chi connectivity index (χ4v) is 4.01. The van der Waals surface area contributed by atoms with Crippen LogP contribution in [0, 0.1) is 12.8 Å². The van der Waals surface area contributed by atoms with Crippen LogP contribution in [0.5, 0.6) is 0 Å². The maximum Gasteiger partial charge on any atom is 0.338 e. The van der Waals surface area contributed by atoms with E-state index in [0.717, 1.165) is 17.0 Å². The van der Waals surface area contributed by atoms with E-state index in [1.54, 1.807) is 31.2 Å². The zero-order chi connectivity index (χ0) is 22.0. The second-order valence-electron chi connectivity index (χ2n) is 7.87. The Kier molecular flexibility index (Phi) is 5.95. The molecule has 1 N–H and O–H groups in total. The van der Waals surface area contributed by atoms with E-state index in [2.05, 4.69) is 5.32 Å². The van der Waals surface area contributed by atoms with Gasteiger partial charge in [0.1, 0.15) is 0 Å². The van der Waals surface area contributed by atoms with Crippen molar-refractivity contribution in [3.63, 3.8) is 0 Å². The molecule has 1 fully saturated rings. The highest BCUT2D eigenvalue weighted by Gasteiger charge is 2.36. The van der Waals surface area contributed by atoms with E-state index in [-0.39, 0.29) is 30.1 Å². The number of nitrogens with zero attached hydrogens (tertiary/aromatic N) is 2. The molecule has 160 valence electrons. The summed E-state index contributed by atoms with van der Waals surface area (Å²) in [6.07, 6.45) is 0.672. The number of carbonyl (C=O) groups is 3. The van der Waals surface area contributed by atoms with Gasteiger partial charge in [-0.3, -0.25) is 19.5 Å². The quantitative estimate of drug-likeness (QED) is 0.751. The Hall–Kier alpha value is -3.32. The summed E-state index contributed by atoms with van der Waals surface area (Å²) in [4.78, 5) is 44.0. The lowest BCUT2D eigenvalue weighted by atomic mass is 9.84. The first-order chi connectivity index (χ1) is 14.9. The third-order valence-corrected chi connectivity index (χ3v) is 5.57. The summed E-state index contributed by atoms with van der Waals surface area (Å²) in [5, 5.41) is 2.85. The number of ether oxygens (including phenoxy) is 1. The van der Waals surface area contributed by atoms with Crippen LogP contribution in [0.4, 0.5) is 11.4 Å². The van der Waals surface area contributed by atoms with Gasteiger partial charge in [-0.15, -0.1) is 0 Å². The minimum atomic E-state index is -0.389. The molecule has 1 saturated heterocycles. The van der Waals surface area contributed by atoms with Crippen molar-refractivity contribution in [2.24, 2.45) is 10.9 Å². The van der Waals surface area contributed by atoms with Crippen LogP contribution >= 0.6 is 0 Å². The van der Waals surface area contributed by atoms with Crippen LogP contribution in [0.15, 0.2) is 47.5 Å². The molecule has 7 nitrogen and oxygen atoms in total. The van der Waals surface area contributed by atoms with Crippen LogP contribution in [0.2, 0.25) is 0 Å². The number of carbonyl (C=O) groups excluding carboxylic acids is 3. The first-order valence-electron chi connectivity index (χ1n) is 10.5. The van der Waals surface area contributed by atoms with E-state index in [9.17, 15) is 14.4 Å². The van der Waals surface area contributed by atoms with Gasteiger partial charge in [0.05, 0.1) is 30.3 Å². The molecular formula is C24H25N3O4. The molecule has 31 heavy (non-hydrogen) atoms. The smallest absolute Gasteiger partial charge is 0.338 e. The largest absolute Gasteiger partial charge is 0.462 e. The van der Waals surface area contributed by atoms with E-state index >= 15 is 0 Å². The molecule has 7 heteroatoms. The van der Waals surface area contributed by atoms with Gasteiger partial charge in [-0.2, -0.15) is 0 Å². The Bertz CT molecular complexity index is 1060. The Morgan fingerprint density at radius 1 is 1.19 bits per heavy atom. The van der Waals surface area contributed by atoms with Gasteiger partial charge in [-0.05, 0) is 56.7 Å². The molecule has 1 unspecified atom stereocenters. The molecule has 2 aromatic carbocycles. The molecule has 2 heterocycles. The molecule has 0 spiro atoms. The molecule has 0 aliphatic carbocycles. The summed E-state index contributed by atoms with van der Waals surface area (Å²) >= 11 is 0. The van der Waals surface area contributed by atoms with E-state index in [1.807, 2.05) is 30.0 Å². The summed E-state index contributed by atoms with van der Waals surface area (Å²) in [7, 11) is 0. The molecule has 0 bridgehead atoms. The van der Waals surface area contributed by atoms with Crippen LogP contribution in [0.1, 0.15) is 39.6 Å². The minimum absolute atomic E-state index is 0.0864. The second-order valence-corrected chi connectivity index (χ2v) is 7.87. The number of esters is 1. The monoisotopic (exact) mass is 419 g/mol. The minimum Gasteiger partial charge on any atom is -0.462 e. The number of piperidine rings is 1. The molecule has 0 radical (unpaired) electrons. The predicted molar refractivity (Wildman–Crippen MR) is 118 cm³/mol. The lowest BCUT2D eigenvalue weighted by Crippen LogP contribution is -2.47. The van der Waals surface area contributed by atoms with Gasteiger partial charge in [0.25, 0.3) is 0 Å². The highest BCUT2D eigenvalue weighted by molar-refractivity contribution is 6.18. The van der Waals surface area contributed by atoms with Crippen molar-refractivity contribution in [2.45, 2.75) is 20.3 Å². The van der Waals surface area contributed by atoms with Crippen molar-refractivity contribution in [1.82, 2.24) is 4.90 Å². The van der Waals surface area contributed by atoms with Gasteiger partial charge in [0.2, 0.25) is 5.91 Å². The van der Waals surface area contributed by atoms with E-state index in [0.29, 0.717) is 42.9 Å². The van der Waals surface area contributed by atoms with Crippen molar-refractivity contribution >= 4 is 34.7 Å². The first kappa shape index (κ1) is 20.9. The number of hydrogen-bond acceptors (Lipinski definition) is 6. The van der Waals surface area contributed by atoms with Gasteiger partial charge < -0.3 is 10.1 Å². The molecule has 2 aliphatic rings. The van der Waals surface area contributed by atoms with Crippen molar-refractivity contribution in [3.8, 4) is 0 Å². The number of nitrogens with one attached hydrogen (secondary N) is 1. The Labute approximate surface area is 181 Å². The molecule has 0 saturated carbocycles. The summed E-state index contributed by atoms with van der Waals surface area (Å²) in [6, 6.07) is 12.4. The lowest BCUT2D eigenvalue weighted by molar-refractivity contribution is -0.117. The van der Waals surface area contributed by atoms with Gasteiger partial charge >= 0.3 is 5.97 Å². The number of amides is 1. The number of Topliss-reactive ketones (excluding diaryl/α,β-unsaturated/α-hetero) is 1. The Morgan fingerprint density at radius 3 is 2.71 bits per heavy atom. The van der Waals surface area contributed by atoms with Gasteiger partial charge in [0.15, 0.2) is 5.78 Å². The number of likely N-dealkylation sites (tertiary alicyclic amines) is 1. The highest BCUT2D eigenvalue weighted by Crippen LogP contribution is 2.32. The number of fused-ring (bicyclic) bond motifs is 2.